The highest BCUT2D eigenvalue weighted by molar-refractivity contribution is 6.42. The van der Waals surface area contributed by atoms with Crippen molar-refractivity contribution >= 4 is 40.1 Å². The SMILES string of the molecule is Cc1cc(C)c2oc3c(c(=O)c2c1)C(c1ccc(Cl)c(Cl)c1)N(CCCOC(C)C)C3=O. The maximum absolute atomic E-state index is 13.6. The van der Waals surface area contributed by atoms with E-state index >= 15 is 0 Å². The lowest BCUT2D eigenvalue weighted by molar-refractivity contribution is 0.0593. The van der Waals surface area contributed by atoms with Crippen molar-refractivity contribution in [2.24, 2.45) is 0 Å². The van der Waals surface area contributed by atoms with Crippen LogP contribution >= 0.6 is 23.2 Å². The first-order valence-electron chi connectivity index (χ1n) is 10.6. The quantitative estimate of drug-likeness (QED) is 0.407. The summed E-state index contributed by atoms with van der Waals surface area (Å²) in [6.45, 7) is 8.66. The van der Waals surface area contributed by atoms with Gasteiger partial charge in [0.2, 0.25) is 5.76 Å². The molecular formula is C25H25Cl2NO4. The van der Waals surface area contributed by atoms with Crippen molar-refractivity contribution in [2.45, 2.75) is 46.3 Å². The molecule has 4 rings (SSSR count). The van der Waals surface area contributed by atoms with Crippen LogP contribution in [0.2, 0.25) is 10.0 Å². The Labute approximate surface area is 196 Å². The normalized spacial score (nSPS) is 15.8. The average molecular weight is 474 g/mol. The Morgan fingerprint density at radius 1 is 1.09 bits per heavy atom. The lowest BCUT2D eigenvalue weighted by atomic mass is 9.97. The largest absolute Gasteiger partial charge is 0.450 e. The maximum atomic E-state index is 13.6. The van der Waals surface area contributed by atoms with E-state index in [4.69, 9.17) is 32.4 Å². The summed E-state index contributed by atoms with van der Waals surface area (Å²) >= 11 is 12.4. The fraction of sp³-hybridized carbons (Fsp3) is 0.360. The summed E-state index contributed by atoms with van der Waals surface area (Å²) in [5.74, 6) is -0.213. The molecule has 5 nitrogen and oxygen atoms in total. The zero-order chi connectivity index (χ0) is 23.2. The standard InChI is InChI=1S/C25H25Cl2NO4/c1-13(2)31-9-5-8-28-21(16-6-7-18(26)19(27)12-16)20-22(29)17-11-14(3)10-15(4)23(17)32-24(20)25(28)30/h6-7,10-13,21H,5,8-9H2,1-4H3. The predicted molar refractivity (Wildman–Crippen MR) is 127 cm³/mol. The maximum Gasteiger partial charge on any atom is 0.290 e. The first kappa shape index (κ1) is 22.8. The third kappa shape index (κ3) is 4.05. The minimum absolute atomic E-state index is 0.0929. The van der Waals surface area contributed by atoms with Crippen molar-refractivity contribution < 1.29 is 13.9 Å². The molecule has 1 atom stereocenters. The fourth-order valence-corrected chi connectivity index (χ4v) is 4.59. The number of carbonyl (C=O) groups is 1. The van der Waals surface area contributed by atoms with Crippen molar-refractivity contribution in [2.75, 3.05) is 13.2 Å². The molecule has 1 aliphatic rings. The summed E-state index contributed by atoms with van der Waals surface area (Å²) in [4.78, 5) is 28.7. The number of rotatable bonds is 6. The van der Waals surface area contributed by atoms with Gasteiger partial charge in [-0.3, -0.25) is 9.59 Å². The van der Waals surface area contributed by atoms with Crippen molar-refractivity contribution in [3.05, 3.63) is 78.6 Å². The highest BCUT2D eigenvalue weighted by Crippen LogP contribution is 2.40. The summed E-state index contributed by atoms with van der Waals surface area (Å²) in [6, 6.07) is 8.33. The number of benzene rings is 2. The monoisotopic (exact) mass is 473 g/mol. The zero-order valence-electron chi connectivity index (χ0n) is 18.5. The van der Waals surface area contributed by atoms with Gasteiger partial charge < -0.3 is 14.1 Å². The van der Waals surface area contributed by atoms with E-state index in [0.717, 1.165) is 11.1 Å². The highest BCUT2D eigenvalue weighted by atomic mass is 35.5. The van der Waals surface area contributed by atoms with Gasteiger partial charge in [-0.1, -0.05) is 35.3 Å². The van der Waals surface area contributed by atoms with Crippen molar-refractivity contribution in [1.82, 2.24) is 4.90 Å². The van der Waals surface area contributed by atoms with Crippen LogP contribution in [0.3, 0.4) is 0 Å². The van der Waals surface area contributed by atoms with Gasteiger partial charge in [-0.05, 0) is 69.0 Å². The van der Waals surface area contributed by atoms with Crippen LogP contribution in [-0.4, -0.2) is 30.1 Å². The fourth-order valence-electron chi connectivity index (χ4n) is 4.29. The molecule has 7 heteroatoms. The lowest BCUT2D eigenvalue weighted by Gasteiger charge is -2.25. The van der Waals surface area contributed by atoms with Gasteiger partial charge >= 0.3 is 0 Å². The van der Waals surface area contributed by atoms with Gasteiger partial charge in [0.25, 0.3) is 5.91 Å². The summed E-state index contributed by atoms with van der Waals surface area (Å²) in [5, 5.41) is 1.25. The van der Waals surface area contributed by atoms with Crippen molar-refractivity contribution in [3.8, 4) is 0 Å². The Bertz CT molecular complexity index is 1270. The molecule has 0 saturated heterocycles. The number of aryl methyl sites for hydroxylation is 2. The molecule has 0 fully saturated rings. The second kappa shape index (κ2) is 8.89. The number of amides is 1. The molecule has 0 bridgehead atoms. The van der Waals surface area contributed by atoms with E-state index in [1.807, 2.05) is 39.8 Å². The van der Waals surface area contributed by atoms with Crippen LogP contribution < -0.4 is 5.43 Å². The van der Waals surface area contributed by atoms with E-state index < -0.39 is 6.04 Å². The van der Waals surface area contributed by atoms with Crippen LogP contribution in [0.4, 0.5) is 0 Å². The molecule has 2 heterocycles. The molecule has 32 heavy (non-hydrogen) atoms. The van der Waals surface area contributed by atoms with Gasteiger partial charge in [0.15, 0.2) is 5.43 Å². The molecule has 168 valence electrons. The minimum Gasteiger partial charge on any atom is -0.450 e. The molecule has 0 N–H and O–H groups in total. The summed E-state index contributed by atoms with van der Waals surface area (Å²) in [7, 11) is 0. The lowest BCUT2D eigenvalue weighted by Crippen LogP contribution is -2.31. The number of hydrogen-bond donors (Lipinski definition) is 0. The number of hydrogen-bond acceptors (Lipinski definition) is 4. The Morgan fingerprint density at radius 2 is 1.84 bits per heavy atom. The molecule has 1 aliphatic heterocycles. The first-order valence-corrected chi connectivity index (χ1v) is 11.4. The number of nitrogens with zero attached hydrogens (tertiary/aromatic N) is 1. The number of carbonyl (C=O) groups excluding carboxylic acids is 1. The topological polar surface area (TPSA) is 59.8 Å². The predicted octanol–water partition coefficient (Wildman–Crippen LogP) is 6.08. The van der Waals surface area contributed by atoms with Gasteiger partial charge in [0.05, 0.1) is 33.1 Å². The van der Waals surface area contributed by atoms with Gasteiger partial charge in [0.1, 0.15) is 5.58 Å². The molecule has 1 unspecified atom stereocenters. The average Bonchev–Trinajstić information content (AvgIpc) is 3.00. The molecule has 0 radical (unpaired) electrons. The molecule has 0 aliphatic carbocycles. The summed E-state index contributed by atoms with van der Waals surface area (Å²) < 4.78 is 11.7. The number of fused-ring (bicyclic) bond motifs is 2. The number of halogens is 2. The van der Waals surface area contributed by atoms with Crippen LogP contribution in [0.25, 0.3) is 11.0 Å². The Hall–Kier alpha value is -2.34. The van der Waals surface area contributed by atoms with E-state index in [2.05, 4.69) is 0 Å². The molecule has 2 aromatic carbocycles. The third-order valence-electron chi connectivity index (χ3n) is 5.65. The minimum atomic E-state index is -0.604. The summed E-state index contributed by atoms with van der Waals surface area (Å²) in [5.41, 5.74) is 3.09. The first-order chi connectivity index (χ1) is 15.2. The highest BCUT2D eigenvalue weighted by Gasteiger charge is 2.42. The smallest absolute Gasteiger partial charge is 0.290 e. The van der Waals surface area contributed by atoms with Gasteiger partial charge in [0, 0.05) is 13.2 Å². The number of ether oxygens (including phenoxy) is 1. The molecule has 0 spiro atoms. The van der Waals surface area contributed by atoms with Crippen LogP contribution in [0.15, 0.2) is 39.5 Å². The molecule has 3 aromatic rings. The second-order valence-corrected chi connectivity index (χ2v) is 9.29. The zero-order valence-corrected chi connectivity index (χ0v) is 20.0. The Morgan fingerprint density at radius 3 is 2.53 bits per heavy atom. The van der Waals surface area contributed by atoms with Gasteiger partial charge in [-0.2, -0.15) is 0 Å². The van der Waals surface area contributed by atoms with Gasteiger partial charge in [-0.15, -0.1) is 0 Å². The molecule has 1 amide bonds. The molecule has 0 saturated carbocycles. The van der Waals surface area contributed by atoms with Crippen molar-refractivity contribution in [1.29, 1.82) is 0 Å². The summed E-state index contributed by atoms with van der Waals surface area (Å²) in [6.07, 6.45) is 0.730. The third-order valence-corrected chi connectivity index (χ3v) is 6.39. The van der Waals surface area contributed by atoms with Crippen LogP contribution in [0.1, 0.15) is 59.1 Å². The van der Waals surface area contributed by atoms with E-state index in [1.54, 1.807) is 23.1 Å². The van der Waals surface area contributed by atoms with E-state index in [1.165, 1.54) is 0 Å². The molecule has 1 aromatic heterocycles. The molecular weight excluding hydrogens is 449 g/mol. The van der Waals surface area contributed by atoms with E-state index in [-0.39, 0.29) is 23.2 Å². The van der Waals surface area contributed by atoms with Crippen LogP contribution in [-0.2, 0) is 4.74 Å². The Balaban J connectivity index is 1.87. The van der Waals surface area contributed by atoms with Crippen molar-refractivity contribution in [3.63, 3.8) is 0 Å². The second-order valence-electron chi connectivity index (χ2n) is 8.48. The van der Waals surface area contributed by atoms with E-state index in [0.29, 0.717) is 51.7 Å². The van der Waals surface area contributed by atoms with Crippen LogP contribution in [0.5, 0.6) is 0 Å². The van der Waals surface area contributed by atoms with Crippen LogP contribution in [0, 0.1) is 13.8 Å². The van der Waals surface area contributed by atoms with E-state index in [9.17, 15) is 9.59 Å². The Kier molecular flexibility index (Phi) is 6.35. The van der Waals surface area contributed by atoms with Gasteiger partial charge in [-0.25, -0.2) is 0 Å².